The van der Waals surface area contributed by atoms with Crippen LogP contribution in [0.25, 0.3) is 0 Å². The molecule has 118 valence electrons. The average molecular weight is 331 g/mol. The van der Waals surface area contributed by atoms with E-state index in [0.717, 1.165) is 0 Å². The summed E-state index contributed by atoms with van der Waals surface area (Å²) in [5.41, 5.74) is 0.571. The predicted octanol–water partition coefficient (Wildman–Crippen LogP) is 1.78. The Bertz CT molecular complexity index is 833. The highest BCUT2D eigenvalue weighted by Crippen LogP contribution is 2.42. The first kappa shape index (κ1) is 16.7. The standard InChI is InChI=1S/C15H13N3O4S/c1-10-13(18(19)20)9-23(21,22)15(10)14(12(7-16)8-17)11-5-3-2-4-6-11/h2-6,12-14H,9H2,1H3. The van der Waals surface area contributed by atoms with E-state index in [1.165, 1.54) is 6.92 Å². The number of nitro groups is 1. The monoisotopic (exact) mass is 331 g/mol. The van der Waals surface area contributed by atoms with Gasteiger partial charge in [0.05, 0.1) is 17.0 Å². The fourth-order valence-electron chi connectivity index (χ4n) is 2.82. The quantitative estimate of drug-likeness (QED) is 0.611. The molecule has 23 heavy (non-hydrogen) atoms. The summed E-state index contributed by atoms with van der Waals surface area (Å²) in [7, 11) is -3.91. The van der Waals surface area contributed by atoms with Crippen LogP contribution in [0.4, 0.5) is 0 Å². The van der Waals surface area contributed by atoms with Gasteiger partial charge in [0.15, 0.2) is 9.84 Å². The van der Waals surface area contributed by atoms with Gasteiger partial charge in [-0.2, -0.15) is 10.5 Å². The number of benzene rings is 1. The van der Waals surface area contributed by atoms with Crippen LogP contribution in [0.2, 0.25) is 0 Å². The molecule has 0 bridgehead atoms. The Hall–Kier alpha value is -2.71. The molecule has 7 nitrogen and oxygen atoms in total. The van der Waals surface area contributed by atoms with Gasteiger partial charge in [0, 0.05) is 16.4 Å². The lowest BCUT2D eigenvalue weighted by molar-refractivity contribution is -0.505. The Morgan fingerprint density at radius 1 is 1.26 bits per heavy atom. The van der Waals surface area contributed by atoms with E-state index < -0.39 is 38.4 Å². The summed E-state index contributed by atoms with van der Waals surface area (Å²) < 4.78 is 24.9. The number of allylic oxidation sites excluding steroid dienone is 1. The van der Waals surface area contributed by atoms with Crippen molar-refractivity contribution < 1.29 is 13.3 Å². The highest BCUT2D eigenvalue weighted by Gasteiger charge is 2.47. The topological polar surface area (TPSA) is 125 Å². The zero-order valence-electron chi connectivity index (χ0n) is 12.2. The lowest BCUT2D eigenvalue weighted by Gasteiger charge is -2.19. The number of hydrogen-bond acceptors (Lipinski definition) is 6. The molecule has 0 fully saturated rings. The van der Waals surface area contributed by atoms with Crippen LogP contribution < -0.4 is 0 Å². The first-order valence-corrected chi connectivity index (χ1v) is 8.39. The number of hydrogen-bond donors (Lipinski definition) is 0. The van der Waals surface area contributed by atoms with Gasteiger partial charge in [-0.25, -0.2) is 8.42 Å². The molecular weight excluding hydrogens is 318 g/mol. The van der Waals surface area contributed by atoms with Crippen LogP contribution in [0, 0.1) is 38.7 Å². The molecule has 1 aliphatic heterocycles. The van der Waals surface area contributed by atoms with Gasteiger partial charge in [0.25, 0.3) is 0 Å². The molecule has 0 aliphatic carbocycles. The van der Waals surface area contributed by atoms with E-state index in [4.69, 9.17) is 0 Å². The van der Waals surface area contributed by atoms with Gasteiger partial charge >= 0.3 is 0 Å². The summed E-state index contributed by atoms with van der Waals surface area (Å²) in [6.45, 7) is 1.38. The summed E-state index contributed by atoms with van der Waals surface area (Å²) in [6.07, 6.45) is 0. The molecule has 1 aromatic rings. The smallest absolute Gasteiger partial charge is 0.249 e. The van der Waals surface area contributed by atoms with E-state index in [9.17, 15) is 29.1 Å². The second-order valence-electron chi connectivity index (χ2n) is 5.25. The van der Waals surface area contributed by atoms with Crippen molar-refractivity contribution in [1.82, 2.24) is 0 Å². The van der Waals surface area contributed by atoms with E-state index in [-0.39, 0.29) is 10.5 Å². The summed E-state index contributed by atoms with van der Waals surface area (Å²) in [4.78, 5) is 10.3. The fourth-order valence-corrected chi connectivity index (χ4v) is 5.08. The third-order valence-electron chi connectivity index (χ3n) is 3.91. The zero-order chi connectivity index (χ0) is 17.2. The molecule has 2 atom stereocenters. The first-order valence-electron chi connectivity index (χ1n) is 6.74. The molecule has 1 aliphatic rings. The molecule has 2 rings (SSSR count). The van der Waals surface area contributed by atoms with Crippen molar-refractivity contribution in [2.24, 2.45) is 5.92 Å². The second-order valence-corrected chi connectivity index (χ2v) is 7.26. The van der Waals surface area contributed by atoms with Crippen molar-refractivity contribution in [2.45, 2.75) is 18.9 Å². The van der Waals surface area contributed by atoms with Crippen molar-refractivity contribution in [3.8, 4) is 12.1 Å². The van der Waals surface area contributed by atoms with Crippen LogP contribution in [-0.4, -0.2) is 25.1 Å². The van der Waals surface area contributed by atoms with E-state index in [0.29, 0.717) is 5.56 Å². The van der Waals surface area contributed by atoms with Crippen molar-refractivity contribution in [2.75, 3.05) is 5.75 Å². The summed E-state index contributed by atoms with van der Waals surface area (Å²) in [5, 5.41) is 29.5. The van der Waals surface area contributed by atoms with Gasteiger partial charge in [-0.3, -0.25) is 10.1 Å². The largest absolute Gasteiger partial charge is 0.264 e. The van der Waals surface area contributed by atoms with Crippen LogP contribution in [0.3, 0.4) is 0 Å². The second kappa shape index (κ2) is 6.19. The van der Waals surface area contributed by atoms with Gasteiger partial charge < -0.3 is 0 Å². The average Bonchev–Trinajstić information content (AvgIpc) is 2.76. The number of nitrogens with zero attached hydrogens (tertiary/aromatic N) is 3. The van der Waals surface area contributed by atoms with Crippen LogP contribution in [-0.2, 0) is 9.84 Å². The molecule has 0 amide bonds. The van der Waals surface area contributed by atoms with Crippen molar-refractivity contribution in [1.29, 1.82) is 10.5 Å². The van der Waals surface area contributed by atoms with Gasteiger partial charge in [0.2, 0.25) is 6.04 Å². The van der Waals surface area contributed by atoms with Crippen LogP contribution >= 0.6 is 0 Å². The molecule has 0 aromatic heterocycles. The molecule has 1 heterocycles. The lowest BCUT2D eigenvalue weighted by atomic mass is 9.85. The molecule has 0 spiro atoms. The Labute approximate surface area is 133 Å². The van der Waals surface area contributed by atoms with Crippen LogP contribution in [0.5, 0.6) is 0 Å². The van der Waals surface area contributed by atoms with Crippen LogP contribution in [0.1, 0.15) is 18.4 Å². The molecule has 1 aromatic carbocycles. The Kier molecular flexibility index (Phi) is 4.48. The minimum atomic E-state index is -3.91. The minimum Gasteiger partial charge on any atom is -0.264 e. The summed E-state index contributed by atoms with van der Waals surface area (Å²) >= 11 is 0. The normalized spacial score (nSPS) is 20.8. The molecule has 0 N–H and O–H groups in total. The Balaban J connectivity index is 2.71. The number of nitriles is 2. The predicted molar refractivity (Wildman–Crippen MR) is 81.2 cm³/mol. The molecule has 8 heteroatoms. The van der Waals surface area contributed by atoms with E-state index in [2.05, 4.69) is 0 Å². The highest BCUT2D eigenvalue weighted by atomic mass is 32.2. The summed E-state index contributed by atoms with van der Waals surface area (Å²) in [6, 6.07) is 10.5. The van der Waals surface area contributed by atoms with Gasteiger partial charge in [-0.15, -0.1) is 0 Å². The highest BCUT2D eigenvalue weighted by molar-refractivity contribution is 7.95. The fraction of sp³-hybridized carbons (Fsp3) is 0.333. The maximum Gasteiger partial charge on any atom is 0.249 e. The van der Waals surface area contributed by atoms with Crippen molar-refractivity contribution in [3.63, 3.8) is 0 Å². The van der Waals surface area contributed by atoms with Crippen molar-refractivity contribution in [3.05, 3.63) is 56.5 Å². The maximum atomic E-state index is 12.5. The third kappa shape index (κ3) is 2.94. The van der Waals surface area contributed by atoms with E-state index in [1.54, 1.807) is 42.5 Å². The lowest BCUT2D eigenvalue weighted by Crippen LogP contribution is -2.23. The minimum absolute atomic E-state index is 0.0966. The first-order chi connectivity index (χ1) is 10.8. The maximum absolute atomic E-state index is 12.5. The molecule has 0 saturated heterocycles. The van der Waals surface area contributed by atoms with Crippen LogP contribution in [0.15, 0.2) is 40.8 Å². The molecular formula is C15H13N3O4S. The molecule has 2 unspecified atom stereocenters. The van der Waals surface area contributed by atoms with Gasteiger partial charge in [-0.1, -0.05) is 30.3 Å². The van der Waals surface area contributed by atoms with Gasteiger partial charge in [-0.05, 0) is 12.5 Å². The Morgan fingerprint density at radius 2 is 1.83 bits per heavy atom. The Morgan fingerprint density at radius 3 is 2.26 bits per heavy atom. The molecule has 0 saturated carbocycles. The SMILES string of the molecule is CC1=C(C(c2ccccc2)C(C#N)C#N)S(=O)(=O)CC1[N+](=O)[O-]. The number of rotatable bonds is 4. The van der Waals surface area contributed by atoms with E-state index in [1.807, 2.05) is 0 Å². The summed E-state index contributed by atoms with van der Waals surface area (Å²) in [5.74, 6) is -2.91. The van der Waals surface area contributed by atoms with Crippen molar-refractivity contribution >= 4 is 9.84 Å². The molecule has 0 radical (unpaired) electrons. The third-order valence-corrected chi connectivity index (χ3v) is 5.91. The van der Waals surface area contributed by atoms with E-state index >= 15 is 0 Å². The zero-order valence-corrected chi connectivity index (χ0v) is 13.0. The van der Waals surface area contributed by atoms with Gasteiger partial charge in [0.1, 0.15) is 11.7 Å². The number of sulfone groups is 1.